The Morgan fingerprint density at radius 2 is 1.85 bits per heavy atom. The van der Waals surface area contributed by atoms with E-state index in [1.165, 1.54) is 5.56 Å². The summed E-state index contributed by atoms with van der Waals surface area (Å²) in [6, 6.07) is 18.9. The monoisotopic (exact) mass is 489 g/mol. The van der Waals surface area contributed by atoms with Crippen molar-refractivity contribution in [2.75, 3.05) is 11.9 Å². The second-order valence-electron chi connectivity index (χ2n) is 8.06. The summed E-state index contributed by atoms with van der Waals surface area (Å²) < 4.78 is 6.31. The first kappa shape index (κ1) is 22.1. The smallest absolute Gasteiger partial charge is 0.355 e. The molecular formula is C26H20ClN3O3S. The third-order valence-electron chi connectivity index (χ3n) is 5.41. The number of hydrogen-bond acceptors (Lipinski definition) is 5. The van der Waals surface area contributed by atoms with Gasteiger partial charge in [0.2, 0.25) is 0 Å². The summed E-state index contributed by atoms with van der Waals surface area (Å²) in [4.78, 5) is 32.3. The number of fused-ring (bicyclic) bond motifs is 2. The Morgan fingerprint density at radius 3 is 2.65 bits per heavy atom. The van der Waals surface area contributed by atoms with Gasteiger partial charge in [0, 0.05) is 27.2 Å². The van der Waals surface area contributed by atoms with E-state index in [9.17, 15) is 9.59 Å². The zero-order valence-corrected chi connectivity index (χ0v) is 20.0. The van der Waals surface area contributed by atoms with E-state index in [4.69, 9.17) is 16.3 Å². The van der Waals surface area contributed by atoms with Gasteiger partial charge >= 0.3 is 5.97 Å². The number of halogens is 1. The second-order valence-corrected chi connectivity index (χ2v) is 9.50. The Balaban J connectivity index is 1.20. The van der Waals surface area contributed by atoms with Crippen molar-refractivity contribution in [1.29, 1.82) is 0 Å². The average Bonchev–Trinajstić information content (AvgIpc) is 3.42. The van der Waals surface area contributed by atoms with E-state index < -0.39 is 18.5 Å². The Morgan fingerprint density at radius 1 is 1.06 bits per heavy atom. The SMILES string of the molecule is Cc1ccc2nc(-c3ccc(NC(=O)COC(=O)c4cc5cc(C)c(Cl)cc5[nH]4)cc3)sc2c1. The Hall–Kier alpha value is -3.68. The zero-order chi connectivity index (χ0) is 23.8. The van der Waals surface area contributed by atoms with Gasteiger partial charge in [-0.15, -0.1) is 11.3 Å². The minimum Gasteiger partial charge on any atom is -0.451 e. The number of thiazole rings is 1. The van der Waals surface area contributed by atoms with Gasteiger partial charge in [-0.2, -0.15) is 0 Å². The van der Waals surface area contributed by atoms with Crippen molar-refractivity contribution in [3.63, 3.8) is 0 Å². The Labute approximate surface area is 204 Å². The number of carbonyl (C=O) groups excluding carboxylic acids is 2. The summed E-state index contributed by atoms with van der Waals surface area (Å²) in [6.45, 7) is 3.56. The molecule has 0 spiro atoms. The standard InChI is InChI=1S/C26H20ClN3O3S/c1-14-3-8-20-23(9-14)34-25(30-20)16-4-6-18(7-5-16)28-24(31)13-33-26(32)22-11-17-10-15(2)19(27)12-21(17)29-22/h3-12,29H,13H2,1-2H3,(H,28,31). The number of carbonyl (C=O) groups is 2. The van der Waals surface area contributed by atoms with Crippen LogP contribution in [0.2, 0.25) is 5.02 Å². The fraction of sp³-hybridized carbons (Fsp3) is 0.115. The lowest BCUT2D eigenvalue weighted by atomic mass is 10.2. The van der Waals surface area contributed by atoms with Gasteiger partial charge < -0.3 is 15.0 Å². The molecular weight excluding hydrogens is 470 g/mol. The van der Waals surface area contributed by atoms with E-state index >= 15 is 0 Å². The largest absolute Gasteiger partial charge is 0.451 e. The molecule has 0 saturated carbocycles. The van der Waals surface area contributed by atoms with Crippen molar-refractivity contribution in [2.24, 2.45) is 0 Å². The number of anilines is 1. The minimum atomic E-state index is -0.610. The molecule has 0 aliphatic rings. The lowest BCUT2D eigenvalue weighted by Crippen LogP contribution is -2.21. The molecule has 34 heavy (non-hydrogen) atoms. The molecule has 0 bridgehead atoms. The average molecular weight is 490 g/mol. The molecule has 3 aromatic carbocycles. The van der Waals surface area contributed by atoms with E-state index in [0.29, 0.717) is 10.7 Å². The van der Waals surface area contributed by atoms with E-state index in [-0.39, 0.29) is 5.69 Å². The first-order valence-corrected chi connectivity index (χ1v) is 11.8. The van der Waals surface area contributed by atoms with E-state index in [0.717, 1.165) is 37.3 Å². The van der Waals surface area contributed by atoms with Crippen LogP contribution in [0.4, 0.5) is 5.69 Å². The van der Waals surface area contributed by atoms with Crippen LogP contribution >= 0.6 is 22.9 Å². The minimum absolute atomic E-state index is 0.264. The van der Waals surface area contributed by atoms with Crippen LogP contribution in [0.5, 0.6) is 0 Å². The van der Waals surface area contributed by atoms with E-state index in [2.05, 4.69) is 28.3 Å². The van der Waals surface area contributed by atoms with Crippen molar-refractivity contribution < 1.29 is 14.3 Å². The van der Waals surface area contributed by atoms with Crippen LogP contribution in [0, 0.1) is 13.8 Å². The molecule has 0 radical (unpaired) electrons. The number of nitrogens with zero attached hydrogens (tertiary/aromatic N) is 1. The van der Waals surface area contributed by atoms with E-state index in [1.54, 1.807) is 35.6 Å². The number of ether oxygens (including phenoxy) is 1. The first-order chi connectivity index (χ1) is 16.4. The number of esters is 1. The molecule has 0 aliphatic carbocycles. The van der Waals surface area contributed by atoms with E-state index in [1.807, 2.05) is 37.3 Å². The maximum absolute atomic E-state index is 12.4. The van der Waals surface area contributed by atoms with Crippen molar-refractivity contribution in [2.45, 2.75) is 13.8 Å². The molecule has 5 rings (SSSR count). The fourth-order valence-corrected chi connectivity index (χ4v) is 4.87. The third-order valence-corrected chi connectivity index (χ3v) is 6.89. The number of rotatable bonds is 5. The number of aromatic nitrogens is 2. The summed E-state index contributed by atoms with van der Waals surface area (Å²) in [6.07, 6.45) is 0. The lowest BCUT2D eigenvalue weighted by Gasteiger charge is -2.06. The molecule has 0 unspecified atom stereocenters. The Kier molecular flexibility index (Phi) is 5.81. The van der Waals surface area contributed by atoms with Gasteiger partial charge in [0.15, 0.2) is 6.61 Å². The predicted octanol–water partition coefficient (Wildman–Crippen LogP) is 6.51. The van der Waals surface area contributed by atoms with Gasteiger partial charge in [-0.1, -0.05) is 17.7 Å². The molecule has 2 aromatic heterocycles. The van der Waals surface area contributed by atoms with Gasteiger partial charge in [0.25, 0.3) is 5.91 Å². The highest BCUT2D eigenvalue weighted by Crippen LogP contribution is 2.31. The maximum Gasteiger partial charge on any atom is 0.355 e. The number of amides is 1. The number of hydrogen-bond donors (Lipinski definition) is 2. The maximum atomic E-state index is 12.4. The fourth-order valence-electron chi connectivity index (χ4n) is 3.64. The molecule has 2 heterocycles. The first-order valence-electron chi connectivity index (χ1n) is 10.6. The summed E-state index contributed by atoms with van der Waals surface area (Å²) in [5.41, 5.74) is 5.66. The number of aryl methyl sites for hydroxylation is 2. The van der Waals surface area contributed by atoms with Gasteiger partial charge in [-0.3, -0.25) is 4.79 Å². The van der Waals surface area contributed by atoms with Gasteiger partial charge in [-0.05, 0) is 79.6 Å². The molecule has 5 aromatic rings. The molecule has 1 amide bonds. The molecule has 170 valence electrons. The number of nitrogens with one attached hydrogen (secondary N) is 2. The summed E-state index contributed by atoms with van der Waals surface area (Å²) in [5.74, 6) is -1.03. The van der Waals surface area contributed by atoms with Gasteiger partial charge in [0.05, 0.1) is 10.2 Å². The van der Waals surface area contributed by atoms with Crippen LogP contribution in [0.25, 0.3) is 31.7 Å². The van der Waals surface area contributed by atoms with Crippen LogP contribution in [-0.4, -0.2) is 28.5 Å². The summed E-state index contributed by atoms with van der Waals surface area (Å²) in [5, 5.41) is 5.12. The quantitative estimate of drug-likeness (QED) is 0.275. The topological polar surface area (TPSA) is 84.1 Å². The number of H-pyrrole nitrogens is 1. The summed E-state index contributed by atoms with van der Waals surface area (Å²) >= 11 is 7.76. The zero-order valence-electron chi connectivity index (χ0n) is 18.4. The van der Waals surface area contributed by atoms with Crippen LogP contribution in [0.3, 0.4) is 0 Å². The molecule has 0 saturated heterocycles. The van der Waals surface area contributed by atoms with Crippen molar-refractivity contribution in [3.8, 4) is 10.6 Å². The van der Waals surface area contributed by atoms with Crippen LogP contribution in [0.1, 0.15) is 21.6 Å². The van der Waals surface area contributed by atoms with Crippen LogP contribution < -0.4 is 5.32 Å². The third kappa shape index (κ3) is 4.53. The molecule has 0 fully saturated rings. The predicted molar refractivity (Wildman–Crippen MR) is 137 cm³/mol. The molecule has 2 N–H and O–H groups in total. The van der Waals surface area contributed by atoms with Crippen LogP contribution in [0.15, 0.2) is 60.7 Å². The molecule has 0 atom stereocenters. The number of benzene rings is 3. The lowest BCUT2D eigenvalue weighted by molar-refractivity contribution is -0.119. The van der Waals surface area contributed by atoms with Gasteiger partial charge in [0.1, 0.15) is 10.7 Å². The van der Waals surface area contributed by atoms with Crippen molar-refractivity contribution in [3.05, 3.63) is 82.5 Å². The van der Waals surface area contributed by atoms with Crippen molar-refractivity contribution in [1.82, 2.24) is 9.97 Å². The summed E-state index contributed by atoms with van der Waals surface area (Å²) in [7, 11) is 0. The highest BCUT2D eigenvalue weighted by molar-refractivity contribution is 7.21. The number of aromatic amines is 1. The highest BCUT2D eigenvalue weighted by Gasteiger charge is 2.14. The molecule has 0 aliphatic heterocycles. The molecule has 6 nitrogen and oxygen atoms in total. The normalized spacial score (nSPS) is 11.1. The van der Waals surface area contributed by atoms with Crippen LogP contribution in [-0.2, 0) is 9.53 Å². The highest BCUT2D eigenvalue weighted by atomic mass is 35.5. The van der Waals surface area contributed by atoms with Gasteiger partial charge in [-0.25, -0.2) is 9.78 Å². The second kappa shape index (κ2) is 8.93. The van der Waals surface area contributed by atoms with Crippen molar-refractivity contribution >= 4 is 61.6 Å². The Bertz CT molecular complexity index is 1510. The molecule has 8 heteroatoms.